The van der Waals surface area contributed by atoms with Crippen molar-refractivity contribution in [3.63, 3.8) is 0 Å². The molecule has 0 fully saturated rings. The van der Waals surface area contributed by atoms with Gasteiger partial charge >= 0.3 is 0 Å². The highest BCUT2D eigenvalue weighted by atomic mass is 16.2. The second-order valence-corrected chi connectivity index (χ2v) is 4.73. The second kappa shape index (κ2) is 9.32. The van der Waals surface area contributed by atoms with E-state index in [0.717, 1.165) is 5.56 Å². The quantitative estimate of drug-likeness (QED) is 0.715. The van der Waals surface area contributed by atoms with Crippen LogP contribution in [0.4, 0.5) is 0 Å². The van der Waals surface area contributed by atoms with Crippen molar-refractivity contribution in [1.29, 1.82) is 0 Å². The average molecular weight is 288 g/mol. The van der Waals surface area contributed by atoms with Crippen molar-refractivity contribution in [3.05, 3.63) is 103 Å². The van der Waals surface area contributed by atoms with Crippen molar-refractivity contribution in [2.75, 3.05) is 6.61 Å². The number of hydrogen-bond donors (Lipinski definition) is 1. The SMILES string of the molecule is OCC=Cc1ccccc1.c1ccc(-c2ccccc2)cc1. The first kappa shape index (κ1) is 15.7. The lowest BCUT2D eigenvalue weighted by Gasteiger charge is -1.98. The average Bonchev–Trinajstić information content (AvgIpc) is 2.63. The first-order chi connectivity index (χ1) is 10.9. The van der Waals surface area contributed by atoms with E-state index in [9.17, 15) is 0 Å². The standard InChI is InChI=1S/C12H10.C9H10O/c1-3-7-11(8-4-1)12-9-5-2-6-10-12;10-8-4-7-9-5-2-1-3-6-9/h1-10H;1-7,10H,8H2. The maximum atomic E-state index is 8.44. The summed E-state index contributed by atoms with van der Waals surface area (Å²) in [6.07, 6.45) is 3.61. The molecule has 1 N–H and O–H groups in total. The maximum absolute atomic E-state index is 8.44. The van der Waals surface area contributed by atoms with Crippen molar-refractivity contribution in [2.24, 2.45) is 0 Å². The van der Waals surface area contributed by atoms with Crippen LogP contribution in [-0.4, -0.2) is 11.7 Å². The van der Waals surface area contributed by atoms with Gasteiger partial charge in [-0.3, -0.25) is 0 Å². The van der Waals surface area contributed by atoms with E-state index in [4.69, 9.17) is 5.11 Å². The summed E-state index contributed by atoms with van der Waals surface area (Å²) in [5.41, 5.74) is 3.67. The van der Waals surface area contributed by atoms with Gasteiger partial charge in [-0.15, -0.1) is 0 Å². The van der Waals surface area contributed by atoms with Gasteiger partial charge in [0.1, 0.15) is 0 Å². The molecule has 0 aliphatic heterocycles. The van der Waals surface area contributed by atoms with E-state index in [2.05, 4.69) is 48.5 Å². The third-order valence-corrected chi connectivity index (χ3v) is 3.10. The number of hydrogen-bond acceptors (Lipinski definition) is 1. The molecular weight excluding hydrogens is 268 g/mol. The third-order valence-electron chi connectivity index (χ3n) is 3.10. The maximum Gasteiger partial charge on any atom is 0.0615 e. The molecule has 22 heavy (non-hydrogen) atoms. The predicted octanol–water partition coefficient (Wildman–Crippen LogP) is 5.05. The Bertz CT molecular complexity index is 621. The molecule has 1 heteroatoms. The molecule has 3 aromatic rings. The van der Waals surface area contributed by atoms with E-state index in [-0.39, 0.29) is 6.61 Å². The summed E-state index contributed by atoms with van der Waals surface area (Å²) in [4.78, 5) is 0. The molecule has 0 aliphatic carbocycles. The zero-order valence-electron chi connectivity index (χ0n) is 12.5. The van der Waals surface area contributed by atoms with Crippen molar-refractivity contribution in [3.8, 4) is 11.1 Å². The van der Waals surface area contributed by atoms with Crippen LogP contribution in [0.2, 0.25) is 0 Å². The summed E-state index contributed by atoms with van der Waals surface area (Å²) >= 11 is 0. The number of aliphatic hydroxyl groups is 1. The van der Waals surface area contributed by atoms with Crippen LogP contribution in [0.5, 0.6) is 0 Å². The first-order valence-electron chi connectivity index (χ1n) is 7.33. The summed E-state index contributed by atoms with van der Waals surface area (Å²) in [6.45, 7) is 0.106. The Balaban J connectivity index is 0.000000164. The lowest BCUT2D eigenvalue weighted by molar-refractivity contribution is 0.343. The first-order valence-corrected chi connectivity index (χ1v) is 7.33. The van der Waals surface area contributed by atoms with Gasteiger partial charge in [0.2, 0.25) is 0 Å². The predicted molar refractivity (Wildman–Crippen MR) is 94.4 cm³/mol. The van der Waals surface area contributed by atoms with Crippen LogP contribution in [0.25, 0.3) is 17.2 Å². The third kappa shape index (κ3) is 5.39. The second-order valence-electron chi connectivity index (χ2n) is 4.73. The minimum absolute atomic E-state index is 0.106. The van der Waals surface area contributed by atoms with Gasteiger partial charge in [-0.25, -0.2) is 0 Å². The molecule has 0 saturated heterocycles. The van der Waals surface area contributed by atoms with Gasteiger partial charge < -0.3 is 5.11 Å². The lowest BCUT2D eigenvalue weighted by Crippen LogP contribution is -1.73. The van der Waals surface area contributed by atoms with Crippen LogP contribution in [0.1, 0.15) is 5.56 Å². The monoisotopic (exact) mass is 288 g/mol. The summed E-state index contributed by atoms with van der Waals surface area (Å²) in [5.74, 6) is 0. The minimum atomic E-state index is 0.106. The zero-order chi connectivity index (χ0) is 15.5. The van der Waals surface area contributed by atoms with Gasteiger partial charge in [0.15, 0.2) is 0 Å². The molecule has 3 rings (SSSR count). The van der Waals surface area contributed by atoms with E-state index in [1.807, 2.05) is 48.5 Å². The molecule has 0 aromatic heterocycles. The van der Waals surface area contributed by atoms with Gasteiger partial charge in [0, 0.05) is 0 Å². The molecule has 0 bridgehead atoms. The molecular formula is C21H20O. The highest BCUT2D eigenvalue weighted by Crippen LogP contribution is 2.17. The highest BCUT2D eigenvalue weighted by molar-refractivity contribution is 5.62. The lowest BCUT2D eigenvalue weighted by atomic mass is 10.1. The Labute approximate surface area is 132 Å². The normalized spacial score (nSPS) is 10.0. The zero-order valence-corrected chi connectivity index (χ0v) is 12.5. The Hall–Kier alpha value is -2.64. The summed E-state index contributed by atoms with van der Waals surface area (Å²) < 4.78 is 0. The smallest absolute Gasteiger partial charge is 0.0615 e. The van der Waals surface area contributed by atoms with Crippen LogP contribution in [-0.2, 0) is 0 Å². The number of aliphatic hydroxyl groups excluding tert-OH is 1. The molecule has 1 nitrogen and oxygen atoms in total. The Morgan fingerprint density at radius 1 is 0.591 bits per heavy atom. The Morgan fingerprint density at radius 3 is 1.41 bits per heavy atom. The summed E-state index contributed by atoms with van der Waals surface area (Å²) in [7, 11) is 0. The molecule has 0 amide bonds. The van der Waals surface area contributed by atoms with E-state index >= 15 is 0 Å². The molecule has 110 valence electrons. The van der Waals surface area contributed by atoms with Crippen LogP contribution >= 0.6 is 0 Å². The molecule has 0 atom stereocenters. The Morgan fingerprint density at radius 2 is 1.00 bits per heavy atom. The summed E-state index contributed by atoms with van der Waals surface area (Å²) in [6, 6.07) is 30.7. The molecule has 0 spiro atoms. The number of rotatable bonds is 3. The summed E-state index contributed by atoms with van der Waals surface area (Å²) in [5, 5.41) is 8.44. The van der Waals surface area contributed by atoms with E-state index in [0.29, 0.717) is 0 Å². The van der Waals surface area contributed by atoms with Gasteiger partial charge in [0.05, 0.1) is 6.61 Å². The van der Waals surface area contributed by atoms with Crippen LogP contribution in [0, 0.1) is 0 Å². The molecule has 0 radical (unpaired) electrons. The van der Waals surface area contributed by atoms with Gasteiger partial charge in [-0.2, -0.15) is 0 Å². The van der Waals surface area contributed by atoms with Crippen molar-refractivity contribution in [2.45, 2.75) is 0 Å². The van der Waals surface area contributed by atoms with Gasteiger partial charge in [-0.05, 0) is 16.7 Å². The van der Waals surface area contributed by atoms with Crippen molar-refractivity contribution < 1.29 is 5.11 Å². The highest BCUT2D eigenvalue weighted by Gasteiger charge is 1.91. The Kier molecular flexibility index (Phi) is 6.67. The van der Waals surface area contributed by atoms with E-state index < -0.39 is 0 Å². The van der Waals surface area contributed by atoms with Crippen molar-refractivity contribution in [1.82, 2.24) is 0 Å². The van der Waals surface area contributed by atoms with E-state index in [1.165, 1.54) is 11.1 Å². The molecule has 0 aliphatic rings. The molecule has 0 unspecified atom stereocenters. The minimum Gasteiger partial charge on any atom is -0.392 e. The van der Waals surface area contributed by atoms with Crippen LogP contribution in [0.3, 0.4) is 0 Å². The molecule has 3 aromatic carbocycles. The van der Waals surface area contributed by atoms with Crippen LogP contribution < -0.4 is 0 Å². The van der Waals surface area contributed by atoms with E-state index in [1.54, 1.807) is 6.08 Å². The van der Waals surface area contributed by atoms with Gasteiger partial charge in [0.25, 0.3) is 0 Å². The fraction of sp³-hybridized carbons (Fsp3) is 0.0476. The fourth-order valence-electron chi connectivity index (χ4n) is 2.01. The molecule has 0 heterocycles. The van der Waals surface area contributed by atoms with Gasteiger partial charge in [-0.1, -0.05) is 103 Å². The van der Waals surface area contributed by atoms with Crippen LogP contribution in [0.15, 0.2) is 97.1 Å². The largest absolute Gasteiger partial charge is 0.392 e. The number of benzene rings is 3. The van der Waals surface area contributed by atoms with Crippen molar-refractivity contribution >= 4 is 6.08 Å². The fourth-order valence-corrected chi connectivity index (χ4v) is 2.01. The topological polar surface area (TPSA) is 20.2 Å². The molecule has 0 saturated carbocycles.